The smallest absolute Gasteiger partial charge is 0.231 e. The third kappa shape index (κ3) is 3.76. The van der Waals surface area contributed by atoms with Gasteiger partial charge in [0.1, 0.15) is 6.33 Å². The SMILES string of the molecule is Cc1cc(C(=O)CSc2nncn2-c2cccc(Cl)c2)c(C)n1-c1ccc2c(c1)OCO2. The first-order chi connectivity index (χ1) is 15.5. The normalized spacial score (nSPS) is 12.3. The van der Waals surface area contributed by atoms with E-state index >= 15 is 0 Å². The molecule has 0 aliphatic carbocycles. The lowest BCUT2D eigenvalue weighted by Crippen LogP contribution is -2.06. The van der Waals surface area contributed by atoms with Crippen molar-refractivity contribution in [2.45, 2.75) is 19.0 Å². The molecule has 0 saturated heterocycles. The zero-order valence-corrected chi connectivity index (χ0v) is 19.0. The summed E-state index contributed by atoms with van der Waals surface area (Å²) < 4.78 is 14.8. The van der Waals surface area contributed by atoms with Crippen LogP contribution < -0.4 is 9.47 Å². The van der Waals surface area contributed by atoms with Crippen LogP contribution in [0.25, 0.3) is 11.4 Å². The summed E-state index contributed by atoms with van der Waals surface area (Å²) in [6.07, 6.45) is 1.62. The standard InChI is InChI=1S/C23H19ClN4O3S/c1-14-8-19(15(2)28(14)18-6-7-21-22(10-18)31-13-30-21)20(29)11-32-23-26-25-12-27(23)17-5-3-4-16(24)9-17/h3-10,12H,11,13H2,1-2H3. The Morgan fingerprint density at radius 2 is 1.94 bits per heavy atom. The molecule has 3 heterocycles. The summed E-state index contributed by atoms with van der Waals surface area (Å²) in [7, 11) is 0. The first-order valence-electron chi connectivity index (χ1n) is 9.92. The highest BCUT2D eigenvalue weighted by Crippen LogP contribution is 2.35. The van der Waals surface area contributed by atoms with Crippen LogP contribution in [0.15, 0.2) is 60.0 Å². The molecule has 162 valence electrons. The Bertz CT molecular complexity index is 1330. The third-order valence-corrected chi connectivity index (χ3v) is 6.46. The number of benzene rings is 2. The second kappa shape index (κ2) is 8.37. The molecule has 2 aromatic carbocycles. The average Bonchev–Trinajstić information content (AvgIpc) is 3.50. The highest BCUT2D eigenvalue weighted by atomic mass is 35.5. The molecule has 1 aliphatic heterocycles. The van der Waals surface area contributed by atoms with Gasteiger partial charge in [0.2, 0.25) is 6.79 Å². The molecule has 5 rings (SSSR count). The van der Waals surface area contributed by atoms with Crippen molar-refractivity contribution in [3.8, 4) is 22.9 Å². The molecule has 0 radical (unpaired) electrons. The number of aromatic nitrogens is 4. The summed E-state index contributed by atoms with van der Waals surface area (Å²) in [5, 5.41) is 9.41. The number of aryl methyl sites for hydroxylation is 1. The molecule has 0 unspecified atom stereocenters. The van der Waals surface area contributed by atoms with E-state index in [0.717, 1.165) is 28.5 Å². The zero-order valence-electron chi connectivity index (χ0n) is 17.4. The number of hydrogen-bond acceptors (Lipinski definition) is 6. The van der Waals surface area contributed by atoms with Crippen molar-refractivity contribution < 1.29 is 14.3 Å². The number of ether oxygens (including phenoxy) is 2. The zero-order chi connectivity index (χ0) is 22.2. The lowest BCUT2D eigenvalue weighted by Gasteiger charge is -2.11. The third-order valence-electron chi connectivity index (χ3n) is 5.28. The van der Waals surface area contributed by atoms with E-state index in [2.05, 4.69) is 10.2 Å². The fourth-order valence-corrected chi connectivity index (χ4v) is 4.80. The molecule has 0 amide bonds. The Balaban J connectivity index is 1.37. The molecule has 0 spiro atoms. The maximum absolute atomic E-state index is 13.1. The Labute approximate surface area is 193 Å². The van der Waals surface area contributed by atoms with Crippen LogP contribution in [0.3, 0.4) is 0 Å². The van der Waals surface area contributed by atoms with E-state index in [1.165, 1.54) is 11.8 Å². The van der Waals surface area contributed by atoms with Gasteiger partial charge in [-0.05, 0) is 50.2 Å². The summed E-state index contributed by atoms with van der Waals surface area (Å²) in [5.41, 5.74) is 4.30. The van der Waals surface area contributed by atoms with Crippen molar-refractivity contribution in [2.75, 3.05) is 12.5 Å². The predicted molar refractivity (Wildman–Crippen MR) is 123 cm³/mol. The Morgan fingerprint density at radius 3 is 2.78 bits per heavy atom. The fourth-order valence-electron chi connectivity index (χ4n) is 3.80. The highest BCUT2D eigenvalue weighted by molar-refractivity contribution is 7.99. The van der Waals surface area contributed by atoms with Gasteiger partial charge in [0, 0.05) is 33.7 Å². The molecule has 0 N–H and O–H groups in total. The number of nitrogens with zero attached hydrogens (tertiary/aromatic N) is 4. The highest BCUT2D eigenvalue weighted by Gasteiger charge is 2.20. The molecule has 0 bridgehead atoms. The average molecular weight is 467 g/mol. The van der Waals surface area contributed by atoms with Crippen LogP contribution >= 0.6 is 23.4 Å². The molecule has 9 heteroatoms. The first kappa shape index (κ1) is 20.7. The van der Waals surface area contributed by atoms with E-state index in [1.54, 1.807) is 6.33 Å². The second-order valence-electron chi connectivity index (χ2n) is 7.33. The van der Waals surface area contributed by atoms with Gasteiger partial charge in [0.05, 0.1) is 11.4 Å². The Morgan fingerprint density at radius 1 is 1.09 bits per heavy atom. The monoisotopic (exact) mass is 466 g/mol. The topological polar surface area (TPSA) is 71.2 Å². The number of thioether (sulfide) groups is 1. The number of carbonyl (C=O) groups is 1. The van der Waals surface area contributed by atoms with Crippen LogP contribution in [0.5, 0.6) is 11.5 Å². The van der Waals surface area contributed by atoms with Crippen LogP contribution in [0.1, 0.15) is 21.7 Å². The van der Waals surface area contributed by atoms with Gasteiger partial charge in [-0.25, -0.2) is 0 Å². The van der Waals surface area contributed by atoms with Crippen molar-refractivity contribution in [3.05, 3.63) is 76.8 Å². The molecule has 2 aromatic heterocycles. The van der Waals surface area contributed by atoms with E-state index < -0.39 is 0 Å². The van der Waals surface area contributed by atoms with Gasteiger partial charge in [0.15, 0.2) is 22.4 Å². The number of ketones is 1. The van der Waals surface area contributed by atoms with E-state index in [-0.39, 0.29) is 18.3 Å². The van der Waals surface area contributed by atoms with E-state index in [4.69, 9.17) is 21.1 Å². The summed E-state index contributed by atoms with van der Waals surface area (Å²) in [6, 6.07) is 15.1. The second-order valence-corrected chi connectivity index (χ2v) is 8.71. The summed E-state index contributed by atoms with van der Waals surface area (Å²) in [5.74, 6) is 1.70. The lowest BCUT2D eigenvalue weighted by molar-refractivity contribution is 0.102. The number of rotatable bonds is 6. The number of carbonyl (C=O) groups excluding carboxylic acids is 1. The van der Waals surface area contributed by atoms with Crippen molar-refractivity contribution in [3.63, 3.8) is 0 Å². The number of hydrogen-bond donors (Lipinski definition) is 0. The van der Waals surface area contributed by atoms with Crippen molar-refractivity contribution in [2.24, 2.45) is 0 Å². The Hall–Kier alpha value is -3.23. The largest absolute Gasteiger partial charge is 0.454 e. The van der Waals surface area contributed by atoms with Crippen molar-refractivity contribution in [1.82, 2.24) is 19.3 Å². The maximum Gasteiger partial charge on any atom is 0.231 e. The van der Waals surface area contributed by atoms with Crippen molar-refractivity contribution in [1.29, 1.82) is 0 Å². The molecule has 0 fully saturated rings. The van der Waals surface area contributed by atoms with Gasteiger partial charge in [0.25, 0.3) is 0 Å². The summed E-state index contributed by atoms with van der Waals surface area (Å²) >= 11 is 7.45. The molecule has 1 aliphatic rings. The van der Waals surface area contributed by atoms with E-state index in [9.17, 15) is 4.79 Å². The minimum absolute atomic E-state index is 0.0238. The van der Waals surface area contributed by atoms with Gasteiger partial charge >= 0.3 is 0 Å². The van der Waals surface area contributed by atoms with Gasteiger partial charge in [-0.15, -0.1) is 10.2 Å². The number of Topliss-reactive ketones (excluding diaryl/α,β-unsaturated/α-hetero) is 1. The molecule has 7 nitrogen and oxygen atoms in total. The number of fused-ring (bicyclic) bond motifs is 1. The van der Waals surface area contributed by atoms with Gasteiger partial charge in [-0.2, -0.15) is 0 Å². The summed E-state index contributed by atoms with van der Waals surface area (Å²) in [6.45, 7) is 4.16. The maximum atomic E-state index is 13.1. The molecule has 0 atom stereocenters. The minimum atomic E-state index is 0.0238. The molecule has 32 heavy (non-hydrogen) atoms. The molecule has 4 aromatic rings. The van der Waals surface area contributed by atoms with Gasteiger partial charge in [-0.3, -0.25) is 9.36 Å². The predicted octanol–water partition coefficient (Wildman–Crippen LogP) is 5.03. The van der Waals surface area contributed by atoms with Crippen LogP contribution in [-0.4, -0.2) is 37.7 Å². The van der Waals surface area contributed by atoms with E-state index in [1.807, 2.05) is 71.5 Å². The van der Waals surface area contributed by atoms with Crippen molar-refractivity contribution >= 4 is 29.1 Å². The Kier molecular flexibility index (Phi) is 5.40. The summed E-state index contributed by atoms with van der Waals surface area (Å²) in [4.78, 5) is 13.1. The van der Waals surface area contributed by atoms with Crippen LogP contribution in [0.2, 0.25) is 5.02 Å². The van der Waals surface area contributed by atoms with Crippen LogP contribution in [0.4, 0.5) is 0 Å². The first-order valence-corrected chi connectivity index (χ1v) is 11.3. The van der Waals surface area contributed by atoms with Gasteiger partial charge in [-0.1, -0.05) is 29.4 Å². The molecular formula is C23H19ClN4O3S. The van der Waals surface area contributed by atoms with Crippen LogP contribution in [0, 0.1) is 13.8 Å². The number of halogens is 1. The van der Waals surface area contributed by atoms with Crippen LogP contribution in [-0.2, 0) is 0 Å². The minimum Gasteiger partial charge on any atom is -0.454 e. The quantitative estimate of drug-likeness (QED) is 0.293. The van der Waals surface area contributed by atoms with Gasteiger partial charge < -0.3 is 14.0 Å². The molecule has 0 saturated carbocycles. The lowest BCUT2D eigenvalue weighted by atomic mass is 10.2. The molecular weight excluding hydrogens is 448 g/mol. The van der Waals surface area contributed by atoms with E-state index in [0.29, 0.717) is 21.5 Å². The fraction of sp³-hybridized carbons (Fsp3) is 0.174.